The van der Waals surface area contributed by atoms with Crippen LogP contribution in [0.2, 0.25) is 0 Å². The summed E-state index contributed by atoms with van der Waals surface area (Å²) in [5.74, 6) is -0.457. The molecular formula is C19H19F6N3O. The van der Waals surface area contributed by atoms with Crippen molar-refractivity contribution in [3.05, 3.63) is 35.5 Å². The van der Waals surface area contributed by atoms with Crippen molar-refractivity contribution < 1.29 is 31.1 Å². The van der Waals surface area contributed by atoms with Crippen molar-refractivity contribution in [2.45, 2.75) is 31.7 Å². The van der Waals surface area contributed by atoms with E-state index in [2.05, 4.69) is 4.98 Å². The summed E-state index contributed by atoms with van der Waals surface area (Å²) in [6.07, 6.45) is -11.3. The van der Waals surface area contributed by atoms with E-state index in [1.807, 2.05) is 24.3 Å². The maximum atomic E-state index is 13.2. The van der Waals surface area contributed by atoms with Crippen LogP contribution >= 0.6 is 0 Å². The first kappa shape index (κ1) is 20.1. The maximum absolute atomic E-state index is 13.2. The van der Waals surface area contributed by atoms with Crippen molar-refractivity contribution in [1.29, 1.82) is 0 Å². The van der Waals surface area contributed by atoms with Gasteiger partial charge in [0.1, 0.15) is 0 Å². The van der Waals surface area contributed by atoms with E-state index in [0.717, 1.165) is 27.1 Å². The van der Waals surface area contributed by atoms with Gasteiger partial charge in [0.25, 0.3) is 0 Å². The number of amides is 1. The van der Waals surface area contributed by atoms with Gasteiger partial charge < -0.3 is 9.88 Å². The van der Waals surface area contributed by atoms with Crippen LogP contribution in [-0.4, -0.2) is 59.2 Å². The molecule has 1 aromatic heterocycles. The van der Waals surface area contributed by atoms with E-state index in [9.17, 15) is 31.1 Å². The molecule has 1 N–H and O–H groups in total. The van der Waals surface area contributed by atoms with Gasteiger partial charge in [-0.05, 0) is 19.0 Å². The fraction of sp³-hybridized carbons (Fsp3) is 0.526. The molecule has 158 valence electrons. The van der Waals surface area contributed by atoms with Gasteiger partial charge in [-0.25, -0.2) is 0 Å². The minimum Gasteiger partial charge on any atom is -0.358 e. The Labute approximate surface area is 162 Å². The zero-order valence-corrected chi connectivity index (χ0v) is 15.3. The van der Waals surface area contributed by atoms with Crippen LogP contribution in [0, 0.1) is 5.41 Å². The summed E-state index contributed by atoms with van der Waals surface area (Å²) < 4.78 is 79.3. The molecule has 3 heterocycles. The molecule has 10 heteroatoms. The molecular weight excluding hydrogens is 400 g/mol. The van der Waals surface area contributed by atoms with Crippen LogP contribution in [0.4, 0.5) is 26.3 Å². The molecule has 0 atom stereocenters. The predicted octanol–water partition coefficient (Wildman–Crippen LogP) is 3.87. The van der Waals surface area contributed by atoms with Crippen molar-refractivity contribution in [3.63, 3.8) is 0 Å². The van der Waals surface area contributed by atoms with Crippen LogP contribution in [0.5, 0.6) is 0 Å². The fourth-order valence-electron chi connectivity index (χ4n) is 4.32. The van der Waals surface area contributed by atoms with E-state index in [1.54, 1.807) is 0 Å². The number of rotatable bonds is 2. The average molecular weight is 419 g/mol. The number of alkyl halides is 6. The largest absolute Gasteiger partial charge is 0.404 e. The summed E-state index contributed by atoms with van der Waals surface area (Å²) in [6.45, 7) is -1.45. The lowest BCUT2D eigenvalue weighted by Gasteiger charge is -2.34. The Morgan fingerprint density at radius 2 is 1.76 bits per heavy atom. The first-order valence-electron chi connectivity index (χ1n) is 9.24. The number of hydrogen-bond donors (Lipinski definition) is 1. The number of H-pyrrole nitrogens is 1. The molecule has 2 aliphatic heterocycles. The third-order valence-corrected chi connectivity index (χ3v) is 6.03. The quantitative estimate of drug-likeness (QED) is 0.751. The standard InChI is InChI=1S/C19H19F6N3O/c20-18(21,22)17(19(23,24)25)6-8-27(11-17)10-16(29)28-7-5-15-13(9-28)12-3-1-2-4-14(12)26-15/h1-4,26H,5-11H2. The average Bonchev–Trinajstić information content (AvgIpc) is 3.22. The van der Waals surface area contributed by atoms with Crippen molar-refractivity contribution >= 4 is 16.8 Å². The molecule has 2 aliphatic rings. The monoisotopic (exact) mass is 419 g/mol. The Morgan fingerprint density at radius 1 is 1.07 bits per heavy atom. The summed E-state index contributed by atoms with van der Waals surface area (Å²) in [7, 11) is 0. The minimum atomic E-state index is -5.41. The number of nitrogens with zero attached hydrogens (tertiary/aromatic N) is 2. The highest BCUT2D eigenvalue weighted by Crippen LogP contribution is 2.55. The molecule has 1 saturated heterocycles. The number of halogens is 6. The highest BCUT2D eigenvalue weighted by molar-refractivity contribution is 5.86. The number of nitrogens with one attached hydrogen (secondary N) is 1. The van der Waals surface area contributed by atoms with E-state index < -0.39 is 49.7 Å². The fourth-order valence-corrected chi connectivity index (χ4v) is 4.32. The number of fused-ring (bicyclic) bond motifs is 3. The van der Waals surface area contributed by atoms with Gasteiger partial charge in [0.05, 0.1) is 6.54 Å². The lowest BCUT2D eigenvalue weighted by molar-refractivity contribution is -0.335. The highest BCUT2D eigenvalue weighted by Gasteiger charge is 2.72. The molecule has 4 nitrogen and oxygen atoms in total. The number of benzene rings is 1. The van der Waals surface area contributed by atoms with E-state index in [0.29, 0.717) is 13.0 Å². The number of aromatic amines is 1. The molecule has 1 aromatic carbocycles. The van der Waals surface area contributed by atoms with Gasteiger partial charge in [-0.2, -0.15) is 26.3 Å². The Balaban J connectivity index is 1.47. The van der Waals surface area contributed by atoms with Crippen LogP contribution in [0.15, 0.2) is 24.3 Å². The first-order chi connectivity index (χ1) is 13.5. The first-order valence-corrected chi connectivity index (χ1v) is 9.24. The third kappa shape index (κ3) is 3.27. The van der Waals surface area contributed by atoms with Gasteiger partial charge >= 0.3 is 12.4 Å². The summed E-state index contributed by atoms with van der Waals surface area (Å²) in [5, 5.41) is 0.967. The molecule has 4 rings (SSSR count). The van der Waals surface area contributed by atoms with Crippen LogP contribution in [-0.2, 0) is 17.8 Å². The predicted molar refractivity (Wildman–Crippen MR) is 93.0 cm³/mol. The second kappa shape index (κ2) is 6.65. The summed E-state index contributed by atoms with van der Waals surface area (Å²) in [4.78, 5) is 18.4. The number of likely N-dealkylation sites (tertiary alicyclic amines) is 1. The molecule has 0 radical (unpaired) electrons. The molecule has 0 bridgehead atoms. The number of para-hydroxylation sites is 1. The molecule has 1 fully saturated rings. The SMILES string of the molecule is O=C(CN1CCC(C(F)(F)F)(C(F)(F)F)C1)N1CCc2[nH]c3ccccc3c2C1. The van der Waals surface area contributed by atoms with E-state index in [4.69, 9.17) is 0 Å². The molecule has 0 aliphatic carbocycles. The summed E-state index contributed by atoms with van der Waals surface area (Å²) in [5.41, 5.74) is -0.885. The van der Waals surface area contributed by atoms with Gasteiger partial charge in [0, 0.05) is 48.2 Å². The Kier molecular flexibility index (Phi) is 4.60. The van der Waals surface area contributed by atoms with Gasteiger partial charge in [-0.3, -0.25) is 9.69 Å². The van der Waals surface area contributed by atoms with Crippen LogP contribution in [0.25, 0.3) is 10.9 Å². The van der Waals surface area contributed by atoms with Crippen molar-refractivity contribution in [2.75, 3.05) is 26.2 Å². The van der Waals surface area contributed by atoms with Gasteiger partial charge in [-0.15, -0.1) is 0 Å². The van der Waals surface area contributed by atoms with Gasteiger partial charge in [0.2, 0.25) is 5.91 Å². The molecule has 2 aromatic rings. The van der Waals surface area contributed by atoms with Crippen LogP contribution < -0.4 is 0 Å². The maximum Gasteiger partial charge on any atom is 0.404 e. The number of hydrogen-bond acceptors (Lipinski definition) is 2. The van der Waals surface area contributed by atoms with Crippen molar-refractivity contribution in [3.8, 4) is 0 Å². The molecule has 0 saturated carbocycles. The van der Waals surface area contributed by atoms with Crippen LogP contribution in [0.1, 0.15) is 17.7 Å². The lowest BCUT2D eigenvalue weighted by Crippen LogP contribution is -2.52. The summed E-state index contributed by atoms with van der Waals surface area (Å²) >= 11 is 0. The molecule has 1 amide bonds. The second-order valence-corrected chi connectivity index (χ2v) is 7.73. The topological polar surface area (TPSA) is 39.3 Å². The minimum absolute atomic E-state index is 0.287. The molecule has 0 unspecified atom stereocenters. The van der Waals surface area contributed by atoms with E-state index in [1.165, 1.54) is 4.90 Å². The zero-order valence-electron chi connectivity index (χ0n) is 15.3. The lowest BCUT2D eigenvalue weighted by atomic mass is 9.85. The number of carbonyl (C=O) groups is 1. The van der Waals surface area contributed by atoms with Crippen LogP contribution in [0.3, 0.4) is 0 Å². The Bertz CT molecular complexity index is 918. The normalized spacial score (nSPS) is 20.3. The zero-order chi connectivity index (χ0) is 21.0. The van der Waals surface area contributed by atoms with Crippen molar-refractivity contribution in [2.24, 2.45) is 5.41 Å². The Morgan fingerprint density at radius 3 is 2.41 bits per heavy atom. The second-order valence-electron chi connectivity index (χ2n) is 7.73. The van der Waals surface area contributed by atoms with Gasteiger partial charge in [0.15, 0.2) is 5.41 Å². The molecule has 0 spiro atoms. The smallest absolute Gasteiger partial charge is 0.358 e. The van der Waals surface area contributed by atoms with E-state index >= 15 is 0 Å². The number of aromatic nitrogens is 1. The van der Waals surface area contributed by atoms with Gasteiger partial charge in [-0.1, -0.05) is 18.2 Å². The highest BCUT2D eigenvalue weighted by atomic mass is 19.4. The van der Waals surface area contributed by atoms with Crippen molar-refractivity contribution in [1.82, 2.24) is 14.8 Å². The molecule has 29 heavy (non-hydrogen) atoms. The summed E-state index contributed by atoms with van der Waals surface area (Å²) in [6, 6.07) is 7.58. The Hall–Kier alpha value is -2.23. The number of carbonyl (C=O) groups excluding carboxylic acids is 1. The third-order valence-electron chi connectivity index (χ3n) is 6.03. The van der Waals surface area contributed by atoms with E-state index in [-0.39, 0.29) is 6.54 Å².